The summed E-state index contributed by atoms with van der Waals surface area (Å²) < 4.78 is 29.8. The number of nitrogens with zero attached hydrogens (tertiary/aromatic N) is 1. The van der Waals surface area contributed by atoms with Crippen LogP contribution in [0.15, 0.2) is 73.8 Å². The van der Waals surface area contributed by atoms with Crippen LogP contribution in [0, 0.1) is 0 Å². The molecule has 1 saturated heterocycles. The number of hydrogen-bond acceptors (Lipinski definition) is 7. The van der Waals surface area contributed by atoms with Crippen LogP contribution in [-0.4, -0.2) is 42.7 Å². The van der Waals surface area contributed by atoms with Gasteiger partial charge in [0.2, 0.25) is 0 Å². The molecule has 0 saturated carbocycles. The third-order valence-corrected chi connectivity index (χ3v) is 6.44. The minimum absolute atomic E-state index is 0.0482. The second-order valence-corrected chi connectivity index (χ2v) is 9.81. The summed E-state index contributed by atoms with van der Waals surface area (Å²) in [6.07, 6.45) is 1.85. The predicted molar refractivity (Wildman–Crippen MR) is 143 cm³/mol. The molecule has 0 unspecified atom stereocenters. The van der Waals surface area contributed by atoms with Crippen LogP contribution in [0.1, 0.15) is 50.8 Å². The van der Waals surface area contributed by atoms with Crippen molar-refractivity contribution in [2.24, 2.45) is 0 Å². The lowest BCUT2D eigenvalue weighted by Gasteiger charge is -2.42. The highest BCUT2D eigenvalue weighted by molar-refractivity contribution is 5.91. The number of rotatable bonds is 10. The van der Waals surface area contributed by atoms with Crippen LogP contribution in [-0.2, 0) is 30.3 Å². The maximum absolute atomic E-state index is 13.4. The molecule has 1 amide bonds. The van der Waals surface area contributed by atoms with Crippen molar-refractivity contribution in [3.63, 3.8) is 0 Å². The Morgan fingerprint density at radius 2 is 1.87 bits per heavy atom. The second kappa shape index (κ2) is 11.8. The summed E-state index contributed by atoms with van der Waals surface area (Å²) in [5.74, 6) is -0.668. The number of esters is 1. The minimum Gasteiger partial charge on any atom is -0.489 e. The topological polar surface area (TPSA) is 83.5 Å². The molecule has 0 N–H and O–H groups in total. The zero-order chi connectivity index (χ0) is 27.3. The van der Waals surface area contributed by atoms with Crippen molar-refractivity contribution in [1.82, 2.24) is 0 Å². The summed E-state index contributed by atoms with van der Waals surface area (Å²) in [6.45, 7) is 12.9. The first kappa shape index (κ1) is 27.4. The third kappa shape index (κ3) is 6.26. The predicted octanol–water partition coefficient (Wildman–Crippen LogP) is 5.87. The Morgan fingerprint density at radius 1 is 1.11 bits per heavy atom. The average Bonchev–Trinajstić information content (AvgIpc) is 3.22. The molecular weight excluding hydrogens is 486 g/mol. The molecule has 4 atom stereocenters. The molecule has 2 heterocycles. The number of carbonyl (C=O) groups excluding carboxylic acids is 2. The van der Waals surface area contributed by atoms with Gasteiger partial charge in [-0.15, -0.1) is 6.58 Å². The molecule has 2 aromatic rings. The number of benzene rings is 2. The lowest BCUT2D eigenvalue weighted by molar-refractivity contribution is -0.152. The van der Waals surface area contributed by atoms with Gasteiger partial charge in [0.1, 0.15) is 37.3 Å². The van der Waals surface area contributed by atoms with Gasteiger partial charge in [-0.25, -0.2) is 4.79 Å². The zero-order valence-corrected chi connectivity index (χ0v) is 22.1. The van der Waals surface area contributed by atoms with Crippen molar-refractivity contribution in [1.29, 1.82) is 0 Å². The number of ether oxygens (including phenoxy) is 5. The van der Waals surface area contributed by atoms with Crippen LogP contribution in [0.3, 0.4) is 0 Å². The molecule has 0 aliphatic carbocycles. The Hall–Kier alpha value is -3.62. The van der Waals surface area contributed by atoms with Crippen molar-refractivity contribution in [2.45, 2.75) is 70.4 Å². The van der Waals surface area contributed by atoms with Gasteiger partial charge in [0, 0.05) is 25.3 Å². The highest BCUT2D eigenvalue weighted by Gasteiger charge is 2.54. The molecule has 8 heteroatoms. The number of amides is 1. The number of hydrogen-bond donors (Lipinski definition) is 0. The molecule has 0 spiro atoms. The lowest BCUT2D eigenvalue weighted by atomic mass is 9.87. The first-order valence-corrected chi connectivity index (χ1v) is 12.7. The van der Waals surface area contributed by atoms with E-state index < -0.39 is 42.2 Å². The van der Waals surface area contributed by atoms with Crippen molar-refractivity contribution in [3.05, 3.63) is 85.0 Å². The highest BCUT2D eigenvalue weighted by atomic mass is 16.8. The highest BCUT2D eigenvalue weighted by Crippen LogP contribution is 2.50. The summed E-state index contributed by atoms with van der Waals surface area (Å²) in [7, 11) is 0. The summed E-state index contributed by atoms with van der Waals surface area (Å²) >= 11 is 0. The van der Waals surface area contributed by atoms with E-state index >= 15 is 0 Å². The van der Waals surface area contributed by atoms with Gasteiger partial charge < -0.3 is 23.7 Å². The van der Waals surface area contributed by atoms with E-state index in [0.29, 0.717) is 30.9 Å². The van der Waals surface area contributed by atoms with Gasteiger partial charge in [0.05, 0.1) is 11.7 Å². The largest absolute Gasteiger partial charge is 0.489 e. The van der Waals surface area contributed by atoms with Gasteiger partial charge in [0.15, 0.2) is 5.79 Å². The average molecular weight is 522 g/mol. The zero-order valence-electron chi connectivity index (χ0n) is 22.1. The van der Waals surface area contributed by atoms with Gasteiger partial charge in [0.25, 0.3) is 0 Å². The molecule has 2 aromatic carbocycles. The van der Waals surface area contributed by atoms with E-state index in [2.05, 4.69) is 13.2 Å². The van der Waals surface area contributed by atoms with Crippen LogP contribution >= 0.6 is 0 Å². The summed E-state index contributed by atoms with van der Waals surface area (Å²) in [5, 5.41) is 0. The van der Waals surface area contributed by atoms with E-state index in [-0.39, 0.29) is 6.61 Å². The van der Waals surface area contributed by atoms with Crippen LogP contribution < -0.4 is 9.64 Å². The summed E-state index contributed by atoms with van der Waals surface area (Å²) in [4.78, 5) is 26.8. The molecule has 0 aromatic heterocycles. The Balaban J connectivity index is 1.73. The fraction of sp³-hybridized carbons (Fsp3) is 0.400. The normalized spacial score (nSPS) is 22.0. The van der Waals surface area contributed by atoms with E-state index in [1.165, 1.54) is 13.0 Å². The summed E-state index contributed by atoms with van der Waals surface area (Å²) in [6, 6.07) is 14.9. The third-order valence-electron chi connectivity index (χ3n) is 6.44. The minimum atomic E-state index is -0.901. The Kier molecular flexibility index (Phi) is 8.54. The van der Waals surface area contributed by atoms with Crippen LogP contribution in [0.25, 0.3) is 0 Å². The van der Waals surface area contributed by atoms with Crippen molar-refractivity contribution < 1.29 is 33.3 Å². The number of carbonyl (C=O) groups is 2. The van der Waals surface area contributed by atoms with Crippen molar-refractivity contribution >= 4 is 17.7 Å². The molecule has 0 bridgehead atoms. The van der Waals surface area contributed by atoms with E-state index in [9.17, 15) is 9.59 Å². The number of anilines is 1. The van der Waals surface area contributed by atoms with Gasteiger partial charge in [-0.1, -0.05) is 49.1 Å². The fourth-order valence-corrected chi connectivity index (χ4v) is 5.00. The monoisotopic (exact) mass is 521 g/mol. The molecule has 202 valence electrons. The van der Waals surface area contributed by atoms with E-state index in [4.69, 9.17) is 23.7 Å². The Morgan fingerprint density at radius 3 is 2.55 bits per heavy atom. The molecule has 38 heavy (non-hydrogen) atoms. The van der Waals surface area contributed by atoms with E-state index in [0.717, 1.165) is 11.1 Å². The maximum atomic E-state index is 13.4. The van der Waals surface area contributed by atoms with E-state index in [1.807, 2.05) is 62.4 Å². The maximum Gasteiger partial charge on any atom is 0.414 e. The van der Waals surface area contributed by atoms with Gasteiger partial charge in [-0.05, 0) is 37.6 Å². The quantitative estimate of drug-likeness (QED) is 0.286. The molecule has 4 rings (SSSR count). The van der Waals surface area contributed by atoms with Crippen molar-refractivity contribution in [2.75, 3.05) is 11.5 Å². The van der Waals surface area contributed by atoms with Crippen LogP contribution in [0.5, 0.6) is 5.75 Å². The molecular formula is C30H35NO7. The Labute approximate surface area is 223 Å². The first-order chi connectivity index (χ1) is 18.2. The lowest BCUT2D eigenvalue weighted by Crippen LogP contribution is -2.54. The molecule has 2 aliphatic heterocycles. The van der Waals surface area contributed by atoms with Gasteiger partial charge >= 0.3 is 12.1 Å². The summed E-state index contributed by atoms with van der Waals surface area (Å²) in [5.41, 5.74) is 2.42. The van der Waals surface area contributed by atoms with Crippen LogP contribution in [0.4, 0.5) is 10.5 Å². The molecule has 0 radical (unpaired) electrons. The molecule has 8 nitrogen and oxygen atoms in total. The smallest absolute Gasteiger partial charge is 0.414 e. The fourth-order valence-electron chi connectivity index (χ4n) is 5.00. The van der Waals surface area contributed by atoms with Crippen LogP contribution in [0.2, 0.25) is 0 Å². The number of fused-ring (bicyclic) bond motifs is 3. The molecule has 2 aliphatic rings. The van der Waals surface area contributed by atoms with Gasteiger partial charge in [-0.2, -0.15) is 0 Å². The Bertz CT molecular complexity index is 1160. The van der Waals surface area contributed by atoms with E-state index in [1.54, 1.807) is 11.0 Å². The second-order valence-electron chi connectivity index (χ2n) is 9.81. The van der Waals surface area contributed by atoms with Gasteiger partial charge in [-0.3, -0.25) is 9.69 Å². The SMILES string of the molecule is C=CCOC(=O)N1c2ccc(OCc3ccccc3)cc2[C@@H]2OC(C)(C)O[C@H]2[C@@H]1C[C@H](CC=C)OC(C)=O. The molecule has 1 fully saturated rings. The standard InChI is InChI=1S/C30H35NO7/c1-6-11-23(36-20(3)32)18-26-28-27(37-30(4,5)38-28)24-17-22(35-19-21-12-9-8-10-13-21)14-15-25(24)31(26)29(33)34-16-7-2/h6-10,12-15,17,23,26-28H,1-2,11,16,18-19H2,3-5H3/t23-,26-,27-,28-/m0/s1. The first-order valence-electron chi connectivity index (χ1n) is 12.7. The van der Waals surface area contributed by atoms with Crippen molar-refractivity contribution in [3.8, 4) is 5.75 Å².